The summed E-state index contributed by atoms with van der Waals surface area (Å²) in [6, 6.07) is 15.8. The zero-order valence-corrected chi connectivity index (χ0v) is 18.7. The van der Waals surface area contributed by atoms with Gasteiger partial charge in [0.15, 0.2) is 0 Å². The van der Waals surface area contributed by atoms with E-state index in [0.29, 0.717) is 11.3 Å². The van der Waals surface area contributed by atoms with Crippen LogP contribution in [0.4, 0.5) is 5.69 Å². The second-order valence-corrected chi connectivity index (χ2v) is 9.13. The van der Waals surface area contributed by atoms with Crippen LogP contribution in [0, 0.1) is 5.92 Å². The fraction of sp³-hybridized carbons (Fsp3) is 0.417. The van der Waals surface area contributed by atoms with Gasteiger partial charge in [0.05, 0.1) is 11.3 Å². The molecular weight excluding hydrogens is 442 g/mol. The quantitative estimate of drug-likeness (QED) is 0.699. The molecule has 0 aliphatic carbocycles. The Kier molecular flexibility index (Phi) is 6.85. The van der Waals surface area contributed by atoms with Crippen molar-refractivity contribution in [3.05, 3.63) is 64.1 Å². The molecular formula is C24H28BrN3O2. The number of carbonyl (C=O) groups excluding carboxylic acids is 2. The van der Waals surface area contributed by atoms with Crippen molar-refractivity contribution in [1.82, 2.24) is 9.80 Å². The second-order valence-electron chi connectivity index (χ2n) is 8.21. The molecule has 0 radical (unpaired) electrons. The first-order valence-corrected chi connectivity index (χ1v) is 11.6. The van der Waals surface area contributed by atoms with E-state index in [9.17, 15) is 9.59 Å². The van der Waals surface area contributed by atoms with Gasteiger partial charge in [0, 0.05) is 30.0 Å². The number of carbonyl (C=O) groups is 2. The number of halogens is 1. The topological polar surface area (TPSA) is 52.7 Å². The SMILES string of the molecule is O=C(Nc1ccccc1C(=O)N1CCCC1)C1CCN(Cc2ccc(Br)cc2)CC1. The van der Waals surface area contributed by atoms with Crippen LogP contribution in [0.25, 0.3) is 0 Å². The van der Waals surface area contributed by atoms with E-state index in [4.69, 9.17) is 0 Å². The zero-order valence-electron chi connectivity index (χ0n) is 17.1. The summed E-state index contributed by atoms with van der Waals surface area (Å²) in [4.78, 5) is 30.0. The van der Waals surface area contributed by atoms with Crippen molar-refractivity contribution in [2.45, 2.75) is 32.2 Å². The average Bonchev–Trinajstić information content (AvgIpc) is 3.31. The molecule has 1 N–H and O–H groups in total. The smallest absolute Gasteiger partial charge is 0.255 e. The van der Waals surface area contributed by atoms with Crippen LogP contribution in [0.2, 0.25) is 0 Å². The van der Waals surface area contributed by atoms with Crippen LogP contribution in [0.1, 0.15) is 41.6 Å². The van der Waals surface area contributed by atoms with Gasteiger partial charge in [-0.2, -0.15) is 0 Å². The van der Waals surface area contributed by atoms with Gasteiger partial charge in [-0.3, -0.25) is 14.5 Å². The second kappa shape index (κ2) is 9.75. The molecule has 2 aliphatic heterocycles. The summed E-state index contributed by atoms with van der Waals surface area (Å²) in [5.41, 5.74) is 2.52. The number of nitrogens with one attached hydrogen (secondary N) is 1. The molecule has 4 rings (SSSR count). The highest BCUT2D eigenvalue weighted by Crippen LogP contribution is 2.24. The maximum absolute atomic E-state index is 12.9. The normalized spacial score (nSPS) is 17.8. The van der Waals surface area contributed by atoms with Gasteiger partial charge < -0.3 is 10.2 Å². The molecule has 158 valence electrons. The van der Waals surface area contributed by atoms with Crippen molar-refractivity contribution in [1.29, 1.82) is 0 Å². The van der Waals surface area contributed by atoms with E-state index < -0.39 is 0 Å². The lowest BCUT2D eigenvalue weighted by atomic mass is 9.95. The molecule has 0 unspecified atom stereocenters. The van der Waals surface area contributed by atoms with Gasteiger partial charge in [0.1, 0.15) is 0 Å². The average molecular weight is 470 g/mol. The lowest BCUT2D eigenvalue weighted by molar-refractivity contribution is -0.121. The van der Waals surface area contributed by atoms with Gasteiger partial charge in [-0.15, -0.1) is 0 Å². The van der Waals surface area contributed by atoms with Gasteiger partial charge in [-0.1, -0.05) is 40.2 Å². The predicted octanol–water partition coefficient (Wildman–Crippen LogP) is 4.54. The van der Waals surface area contributed by atoms with E-state index in [0.717, 1.165) is 62.9 Å². The molecule has 2 fully saturated rings. The molecule has 2 aromatic rings. The third-order valence-electron chi connectivity index (χ3n) is 6.09. The minimum absolute atomic E-state index is 0.0129. The first kappa shape index (κ1) is 21.1. The Morgan fingerprint density at radius 3 is 2.30 bits per heavy atom. The molecule has 0 spiro atoms. The summed E-state index contributed by atoms with van der Waals surface area (Å²) in [6.45, 7) is 4.33. The number of hydrogen-bond donors (Lipinski definition) is 1. The number of likely N-dealkylation sites (tertiary alicyclic amines) is 2. The van der Waals surface area contributed by atoms with Crippen LogP contribution in [0.5, 0.6) is 0 Å². The maximum atomic E-state index is 12.9. The van der Waals surface area contributed by atoms with E-state index in [1.165, 1.54) is 5.56 Å². The molecule has 0 aromatic heterocycles. The third kappa shape index (κ3) is 5.10. The molecule has 2 aromatic carbocycles. The Morgan fingerprint density at radius 2 is 1.60 bits per heavy atom. The van der Waals surface area contributed by atoms with E-state index in [2.05, 4.69) is 50.4 Å². The van der Waals surface area contributed by atoms with Crippen LogP contribution in [-0.2, 0) is 11.3 Å². The number of rotatable bonds is 5. The first-order chi connectivity index (χ1) is 14.6. The monoisotopic (exact) mass is 469 g/mol. The molecule has 2 heterocycles. The highest BCUT2D eigenvalue weighted by molar-refractivity contribution is 9.10. The summed E-state index contributed by atoms with van der Waals surface area (Å²) in [7, 11) is 0. The summed E-state index contributed by atoms with van der Waals surface area (Å²) >= 11 is 3.47. The van der Waals surface area contributed by atoms with Crippen LogP contribution >= 0.6 is 15.9 Å². The molecule has 0 atom stereocenters. The zero-order chi connectivity index (χ0) is 20.9. The maximum Gasteiger partial charge on any atom is 0.255 e. The molecule has 0 saturated carbocycles. The van der Waals surface area contributed by atoms with Gasteiger partial charge in [-0.25, -0.2) is 0 Å². The Bertz CT molecular complexity index is 886. The van der Waals surface area contributed by atoms with E-state index in [-0.39, 0.29) is 17.7 Å². The molecule has 5 nitrogen and oxygen atoms in total. The van der Waals surface area contributed by atoms with Gasteiger partial charge >= 0.3 is 0 Å². The number of piperidine rings is 1. The van der Waals surface area contributed by atoms with E-state index in [1.54, 1.807) is 0 Å². The first-order valence-electron chi connectivity index (χ1n) is 10.8. The third-order valence-corrected chi connectivity index (χ3v) is 6.62. The molecule has 2 aliphatic rings. The Balaban J connectivity index is 1.33. The molecule has 2 saturated heterocycles. The van der Waals surface area contributed by atoms with Crippen molar-refractivity contribution >= 4 is 33.4 Å². The van der Waals surface area contributed by atoms with Crippen molar-refractivity contribution in [2.24, 2.45) is 5.92 Å². The van der Waals surface area contributed by atoms with E-state index in [1.807, 2.05) is 29.2 Å². The largest absolute Gasteiger partial charge is 0.339 e. The summed E-state index contributed by atoms with van der Waals surface area (Å²) in [6.07, 6.45) is 3.79. The van der Waals surface area contributed by atoms with E-state index >= 15 is 0 Å². The number of amides is 2. The van der Waals surface area contributed by atoms with Crippen molar-refractivity contribution < 1.29 is 9.59 Å². The highest BCUT2D eigenvalue weighted by atomic mass is 79.9. The minimum atomic E-state index is -0.0129. The van der Waals surface area contributed by atoms with Gasteiger partial charge in [0.25, 0.3) is 5.91 Å². The minimum Gasteiger partial charge on any atom is -0.339 e. The van der Waals surface area contributed by atoms with Crippen molar-refractivity contribution in [3.63, 3.8) is 0 Å². The Morgan fingerprint density at radius 1 is 0.933 bits per heavy atom. The van der Waals surface area contributed by atoms with Gasteiger partial charge in [-0.05, 0) is 68.6 Å². The summed E-state index contributed by atoms with van der Waals surface area (Å²) < 4.78 is 1.09. The lowest BCUT2D eigenvalue weighted by Crippen LogP contribution is -2.38. The number of benzene rings is 2. The van der Waals surface area contributed by atoms with Crippen LogP contribution in [-0.4, -0.2) is 47.8 Å². The molecule has 2 amide bonds. The Hall–Kier alpha value is -2.18. The van der Waals surface area contributed by atoms with Crippen LogP contribution in [0.3, 0.4) is 0 Å². The summed E-state index contributed by atoms with van der Waals surface area (Å²) in [5.74, 6) is 0.0359. The number of anilines is 1. The van der Waals surface area contributed by atoms with Crippen molar-refractivity contribution in [3.8, 4) is 0 Å². The number of nitrogens with zero attached hydrogens (tertiary/aromatic N) is 2. The standard InChI is InChI=1S/C24H28BrN3O2/c25-20-9-7-18(8-10-20)17-27-15-11-19(12-16-27)23(29)26-22-6-2-1-5-21(22)24(30)28-13-3-4-14-28/h1-2,5-10,19H,3-4,11-17H2,(H,26,29). The van der Waals surface area contributed by atoms with Crippen molar-refractivity contribution in [2.75, 3.05) is 31.5 Å². The van der Waals surface area contributed by atoms with Crippen LogP contribution < -0.4 is 5.32 Å². The summed E-state index contributed by atoms with van der Waals surface area (Å²) in [5, 5.41) is 3.05. The number of para-hydroxylation sites is 1. The fourth-order valence-corrected chi connectivity index (χ4v) is 4.57. The molecule has 0 bridgehead atoms. The number of hydrogen-bond acceptors (Lipinski definition) is 3. The van der Waals surface area contributed by atoms with Crippen LogP contribution in [0.15, 0.2) is 53.0 Å². The van der Waals surface area contributed by atoms with Gasteiger partial charge in [0.2, 0.25) is 5.91 Å². The lowest BCUT2D eigenvalue weighted by Gasteiger charge is -2.31. The predicted molar refractivity (Wildman–Crippen MR) is 122 cm³/mol. The molecule has 30 heavy (non-hydrogen) atoms. The highest BCUT2D eigenvalue weighted by Gasteiger charge is 2.27. The fourth-order valence-electron chi connectivity index (χ4n) is 4.31. The molecule has 6 heteroatoms. The Labute approximate surface area is 186 Å².